The number of aryl methyl sites for hydroxylation is 1. The lowest BCUT2D eigenvalue weighted by atomic mass is 9.95. The second-order valence-corrected chi connectivity index (χ2v) is 9.95. The molecule has 172 valence electrons. The van der Waals surface area contributed by atoms with E-state index in [1.54, 1.807) is 7.11 Å². The van der Waals surface area contributed by atoms with Crippen LogP contribution >= 0.6 is 11.3 Å². The van der Waals surface area contributed by atoms with Gasteiger partial charge in [0.1, 0.15) is 10.8 Å². The van der Waals surface area contributed by atoms with E-state index >= 15 is 0 Å². The van der Waals surface area contributed by atoms with Crippen LogP contribution in [0.5, 0.6) is 5.75 Å². The van der Waals surface area contributed by atoms with Crippen molar-refractivity contribution in [2.75, 3.05) is 12.4 Å². The number of hydrogen-bond acceptors (Lipinski definition) is 3. The van der Waals surface area contributed by atoms with E-state index in [1.807, 2.05) is 58.7 Å². The Morgan fingerprint density at radius 3 is 2.62 bits per heavy atom. The molecule has 3 heterocycles. The molecule has 0 saturated heterocycles. The minimum absolute atomic E-state index is 0.130. The van der Waals surface area contributed by atoms with Crippen LogP contribution in [0.1, 0.15) is 46.1 Å². The van der Waals surface area contributed by atoms with Crippen LogP contribution in [0, 0.1) is 0 Å². The van der Waals surface area contributed by atoms with Crippen molar-refractivity contribution in [2.45, 2.75) is 38.3 Å². The number of thiophene rings is 1. The molecule has 6 heteroatoms. The van der Waals surface area contributed by atoms with E-state index in [0.717, 1.165) is 24.1 Å². The van der Waals surface area contributed by atoms with Crippen LogP contribution in [-0.2, 0) is 19.4 Å². The van der Waals surface area contributed by atoms with Crippen LogP contribution in [0.15, 0.2) is 72.9 Å². The zero-order valence-electron chi connectivity index (χ0n) is 19.2. The molecule has 4 aromatic rings. The fraction of sp³-hybridized carbons (Fsp3) is 0.250. The van der Waals surface area contributed by atoms with E-state index in [1.165, 1.54) is 33.8 Å². The van der Waals surface area contributed by atoms with Gasteiger partial charge in [0, 0.05) is 16.6 Å². The number of hydrogen-bond donors (Lipinski definition) is 1. The number of nitrogens with one attached hydrogen (secondary N) is 1. The quantitative estimate of drug-likeness (QED) is 0.369. The van der Waals surface area contributed by atoms with Gasteiger partial charge in [-0.3, -0.25) is 0 Å². The molecule has 1 atom stereocenters. The number of ether oxygens (including phenoxy) is 1. The molecule has 2 aromatic carbocycles. The molecule has 1 aliphatic carbocycles. The van der Waals surface area contributed by atoms with Crippen molar-refractivity contribution in [2.24, 2.45) is 0 Å². The minimum Gasteiger partial charge on any atom is -0.495 e. The summed E-state index contributed by atoms with van der Waals surface area (Å²) >= 11 is 1.90. The van der Waals surface area contributed by atoms with Gasteiger partial charge in [0.05, 0.1) is 31.1 Å². The van der Waals surface area contributed by atoms with Gasteiger partial charge >= 0.3 is 6.03 Å². The third-order valence-electron chi connectivity index (χ3n) is 6.90. The number of rotatable bonds is 3. The number of anilines is 1. The molecule has 1 aliphatic heterocycles. The summed E-state index contributed by atoms with van der Waals surface area (Å²) in [5.41, 5.74) is 5.63. The van der Waals surface area contributed by atoms with Crippen molar-refractivity contribution >= 4 is 23.1 Å². The summed E-state index contributed by atoms with van der Waals surface area (Å²) in [7, 11) is 1.63. The molecular formula is C28H27N3O2S. The van der Waals surface area contributed by atoms with E-state index in [9.17, 15) is 4.79 Å². The second-order valence-electron chi connectivity index (χ2n) is 8.87. The fourth-order valence-electron chi connectivity index (χ4n) is 5.31. The number of carbonyl (C=O) groups is 1. The lowest BCUT2D eigenvalue weighted by Gasteiger charge is -2.31. The average molecular weight is 470 g/mol. The molecule has 5 nitrogen and oxygen atoms in total. The van der Waals surface area contributed by atoms with Crippen molar-refractivity contribution < 1.29 is 9.53 Å². The Kier molecular flexibility index (Phi) is 5.38. The Bertz CT molecular complexity index is 1340. The highest BCUT2D eigenvalue weighted by Crippen LogP contribution is 2.44. The standard InChI is InChI=1S/C28H27N3O2S/c1-33-24-15-7-6-13-22(24)29-28(32)31-18-21-20-12-5-8-16-25(20)34-27(21)30-17-9-14-23(30)26(31)19-10-3-2-4-11-19/h2-4,6-7,9-11,13-15,17,26H,5,8,12,16,18H2,1H3,(H,29,32). The van der Waals surface area contributed by atoms with Gasteiger partial charge in [0.2, 0.25) is 0 Å². The van der Waals surface area contributed by atoms with Gasteiger partial charge in [-0.2, -0.15) is 0 Å². The summed E-state index contributed by atoms with van der Waals surface area (Å²) < 4.78 is 7.81. The Hall–Kier alpha value is -3.51. The Morgan fingerprint density at radius 2 is 1.76 bits per heavy atom. The zero-order chi connectivity index (χ0) is 23.1. The van der Waals surface area contributed by atoms with E-state index in [4.69, 9.17) is 4.74 Å². The van der Waals surface area contributed by atoms with Crippen molar-refractivity contribution in [1.29, 1.82) is 0 Å². The lowest BCUT2D eigenvalue weighted by Crippen LogP contribution is -2.38. The van der Waals surface area contributed by atoms with E-state index in [0.29, 0.717) is 18.0 Å². The monoisotopic (exact) mass is 469 g/mol. The summed E-state index contributed by atoms with van der Waals surface area (Å²) in [5.74, 6) is 0.652. The van der Waals surface area contributed by atoms with Crippen LogP contribution < -0.4 is 10.1 Å². The van der Waals surface area contributed by atoms with E-state index in [-0.39, 0.29) is 12.1 Å². The van der Waals surface area contributed by atoms with E-state index in [2.05, 4.69) is 40.3 Å². The molecule has 0 spiro atoms. The van der Waals surface area contributed by atoms with Gasteiger partial charge in [0.25, 0.3) is 0 Å². The largest absolute Gasteiger partial charge is 0.495 e. The molecule has 0 radical (unpaired) electrons. The van der Waals surface area contributed by atoms with Crippen LogP contribution in [0.2, 0.25) is 0 Å². The first-order valence-corrected chi connectivity index (χ1v) is 12.6. The molecule has 0 bridgehead atoms. The van der Waals surface area contributed by atoms with Crippen molar-refractivity contribution in [3.8, 4) is 10.8 Å². The number of urea groups is 1. The molecule has 0 fully saturated rings. The number of methoxy groups -OCH3 is 1. The normalized spacial score (nSPS) is 16.7. The SMILES string of the molecule is COc1ccccc1NC(=O)N1Cc2c(sc3c2CCCC3)-n2cccc2C1c1ccccc1. The number of aromatic nitrogens is 1. The fourth-order valence-corrected chi connectivity index (χ4v) is 6.71. The number of benzene rings is 2. The first-order chi connectivity index (χ1) is 16.7. The molecule has 6 rings (SSSR count). The van der Waals surface area contributed by atoms with Crippen molar-refractivity contribution in [3.63, 3.8) is 0 Å². The first kappa shape index (κ1) is 21.1. The highest BCUT2D eigenvalue weighted by molar-refractivity contribution is 7.15. The third kappa shape index (κ3) is 3.49. The number of amides is 2. The lowest BCUT2D eigenvalue weighted by molar-refractivity contribution is 0.194. The Morgan fingerprint density at radius 1 is 0.971 bits per heavy atom. The van der Waals surface area contributed by atoms with Gasteiger partial charge < -0.3 is 19.5 Å². The predicted octanol–water partition coefficient (Wildman–Crippen LogP) is 6.56. The summed E-state index contributed by atoms with van der Waals surface area (Å²) in [5, 5.41) is 4.41. The molecule has 1 unspecified atom stereocenters. The molecule has 0 saturated carbocycles. The molecular weight excluding hydrogens is 442 g/mol. The van der Waals surface area contributed by atoms with Gasteiger partial charge in [-0.15, -0.1) is 11.3 Å². The van der Waals surface area contributed by atoms with Crippen LogP contribution in [0.3, 0.4) is 0 Å². The summed E-state index contributed by atoms with van der Waals surface area (Å²) in [6.45, 7) is 0.573. The van der Waals surface area contributed by atoms with Crippen molar-refractivity contribution in [1.82, 2.24) is 9.47 Å². The maximum absolute atomic E-state index is 14.0. The molecule has 2 aromatic heterocycles. The predicted molar refractivity (Wildman–Crippen MR) is 136 cm³/mol. The number of para-hydroxylation sites is 2. The first-order valence-electron chi connectivity index (χ1n) is 11.8. The maximum atomic E-state index is 14.0. The van der Waals surface area contributed by atoms with Gasteiger partial charge in [0.15, 0.2) is 0 Å². The Balaban J connectivity index is 1.49. The van der Waals surface area contributed by atoms with Crippen LogP contribution in [0.4, 0.5) is 10.5 Å². The van der Waals surface area contributed by atoms with Crippen molar-refractivity contribution in [3.05, 3.63) is 100 Å². The van der Waals surface area contributed by atoms with Gasteiger partial charge in [-0.05, 0) is 61.1 Å². The molecule has 1 N–H and O–H groups in total. The highest BCUT2D eigenvalue weighted by Gasteiger charge is 2.36. The summed E-state index contributed by atoms with van der Waals surface area (Å²) in [6, 6.07) is 21.8. The third-order valence-corrected chi connectivity index (χ3v) is 8.24. The highest BCUT2D eigenvalue weighted by atomic mass is 32.1. The maximum Gasteiger partial charge on any atom is 0.323 e. The average Bonchev–Trinajstić information content (AvgIpc) is 3.46. The van der Waals surface area contributed by atoms with E-state index < -0.39 is 0 Å². The topological polar surface area (TPSA) is 46.5 Å². The van der Waals surface area contributed by atoms with Crippen LogP contribution in [-0.4, -0.2) is 22.6 Å². The zero-order valence-corrected chi connectivity index (χ0v) is 20.0. The Labute approximate surface area is 203 Å². The summed E-state index contributed by atoms with van der Waals surface area (Å²) in [6.07, 6.45) is 6.84. The molecule has 2 aliphatic rings. The molecule has 2 amide bonds. The van der Waals surface area contributed by atoms with Gasteiger partial charge in [-0.1, -0.05) is 42.5 Å². The smallest absolute Gasteiger partial charge is 0.323 e. The van der Waals surface area contributed by atoms with Crippen LogP contribution in [0.25, 0.3) is 5.00 Å². The number of fused-ring (bicyclic) bond motifs is 5. The van der Waals surface area contributed by atoms with Gasteiger partial charge in [-0.25, -0.2) is 4.79 Å². The number of nitrogens with zero attached hydrogens (tertiary/aromatic N) is 2. The summed E-state index contributed by atoms with van der Waals surface area (Å²) in [4.78, 5) is 17.4. The number of carbonyl (C=O) groups excluding carboxylic acids is 1. The second kappa shape index (κ2) is 8.69. The molecule has 34 heavy (non-hydrogen) atoms. The minimum atomic E-state index is -0.204.